The van der Waals surface area contributed by atoms with Gasteiger partial charge in [0.15, 0.2) is 6.73 Å². The first kappa shape index (κ1) is 18.7. The molecule has 9 heteroatoms. The number of carbonyl (C=O) groups excluding carboxylic acids is 1. The van der Waals surface area contributed by atoms with E-state index >= 15 is 0 Å². The normalized spacial score (nSPS) is 12.0. The van der Waals surface area contributed by atoms with Gasteiger partial charge < -0.3 is 10.1 Å². The van der Waals surface area contributed by atoms with Gasteiger partial charge in [-0.1, -0.05) is 22.9 Å². The summed E-state index contributed by atoms with van der Waals surface area (Å²) >= 11 is 6.72. The highest BCUT2D eigenvalue weighted by atomic mass is 79.9. The van der Waals surface area contributed by atoms with E-state index in [1.165, 1.54) is 0 Å². The standard InChI is InChI=1S/C17H17Br2N5O2/c1-12(8-23-9-14(19)6-20-23)17(25)22-15-7-21-24(10-15)11-26-16-4-2-13(18)3-5-16/h2-7,9-10,12H,8,11H2,1H3,(H,22,25). The molecule has 0 aliphatic heterocycles. The van der Waals surface area contributed by atoms with Crippen LogP contribution in [0.2, 0.25) is 0 Å². The summed E-state index contributed by atoms with van der Waals surface area (Å²) in [6, 6.07) is 7.55. The molecule has 2 aromatic heterocycles. The number of amides is 1. The molecule has 0 radical (unpaired) electrons. The fourth-order valence-electron chi connectivity index (χ4n) is 2.24. The molecule has 0 fully saturated rings. The third-order valence-electron chi connectivity index (χ3n) is 3.59. The summed E-state index contributed by atoms with van der Waals surface area (Å²) in [7, 11) is 0. The molecular weight excluding hydrogens is 466 g/mol. The van der Waals surface area contributed by atoms with E-state index < -0.39 is 0 Å². The van der Waals surface area contributed by atoms with Crippen LogP contribution in [0.25, 0.3) is 0 Å². The van der Waals surface area contributed by atoms with E-state index in [1.54, 1.807) is 28.0 Å². The first-order chi connectivity index (χ1) is 12.5. The Morgan fingerprint density at radius 3 is 2.54 bits per heavy atom. The second kappa shape index (κ2) is 8.50. The summed E-state index contributed by atoms with van der Waals surface area (Å²) in [5.74, 6) is 0.419. The minimum atomic E-state index is -0.232. The Balaban J connectivity index is 1.50. The van der Waals surface area contributed by atoms with Gasteiger partial charge in [0.2, 0.25) is 5.91 Å². The Morgan fingerprint density at radius 1 is 1.12 bits per heavy atom. The topological polar surface area (TPSA) is 74.0 Å². The zero-order valence-electron chi connectivity index (χ0n) is 14.0. The van der Waals surface area contributed by atoms with Gasteiger partial charge in [-0.15, -0.1) is 0 Å². The number of aromatic nitrogens is 4. The van der Waals surface area contributed by atoms with Crippen molar-refractivity contribution in [2.75, 3.05) is 5.32 Å². The Morgan fingerprint density at radius 2 is 1.85 bits per heavy atom. The third-order valence-corrected chi connectivity index (χ3v) is 4.53. The zero-order chi connectivity index (χ0) is 18.5. The lowest BCUT2D eigenvalue weighted by atomic mass is 10.1. The van der Waals surface area contributed by atoms with Crippen LogP contribution in [0.4, 0.5) is 5.69 Å². The van der Waals surface area contributed by atoms with Crippen molar-refractivity contribution in [3.8, 4) is 5.75 Å². The summed E-state index contributed by atoms with van der Waals surface area (Å²) in [6.45, 7) is 2.61. The Bertz CT molecular complexity index is 875. The molecule has 26 heavy (non-hydrogen) atoms. The Kier molecular flexibility index (Phi) is 6.10. The average Bonchev–Trinajstić information content (AvgIpc) is 3.23. The SMILES string of the molecule is CC(Cn1cc(Br)cn1)C(=O)Nc1cnn(COc2ccc(Br)cc2)c1. The maximum Gasteiger partial charge on any atom is 0.229 e. The highest BCUT2D eigenvalue weighted by molar-refractivity contribution is 9.10. The van der Waals surface area contributed by atoms with Gasteiger partial charge in [-0.2, -0.15) is 10.2 Å². The van der Waals surface area contributed by atoms with Crippen molar-refractivity contribution < 1.29 is 9.53 Å². The van der Waals surface area contributed by atoms with Crippen LogP contribution in [-0.4, -0.2) is 25.5 Å². The number of rotatable bonds is 7. The van der Waals surface area contributed by atoms with Crippen molar-refractivity contribution in [2.45, 2.75) is 20.2 Å². The largest absolute Gasteiger partial charge is 0.471 e. The molecule has 0 saturated carbocycles. The summed E-state index contributed by atoms with van der Waals surface area (Å²) in [6.07, 6.45) is 6.86. The lowest BCUT2D eigenvalue weighted by molar-refractivity contribution is -0.119. The molecule has 1 amide bonds. The van der Waals surface area contributed by atoms with E-state index in [-0.39, 0.29) is 18.6 Å². The first-order valence-corrected chi connectivity index (χ1v) is 9.48. The van der Waals surface area contributed by atoms with E-state index in [1.807, 2.05) is 37.4 Å². The van der Waals surface area contributed by atoms with Gasteiger partial charge in [-0.3, -0.25) is 9.48 Å². The molecule has 1 atom stereocenters. The number of nitrogens with one attached hydrogen (secondary N) is 1. The van der Waals surface area contributed by atoms with Crippen LogP contribution >= 0.6 is 31.9 Å². The van der Waals surface area contributed by atoms with Crippen molar-refractivity contribution in [3.63, 3.8) is 0 Å². The summed E-state index contributed by atoms with van der Waals surface area (Å²) in [5.41, 5.74) is 0.628. The number of ether oxygens (including phenoxy) is 1. The molecule has 7 nitrogen and oxygen atoms in total. The number of benzene rings is 1. The second-order valence-electron chi connectivity index (χ2n) is 5.77. The number of nitrogens with zero attached hydrogens (tertiary/aromatic N) is 4. The van der Waals surface area contributed by atoms with E-state index in [4.69, 9.17) is 4.74 Å². The quantitative estimate of drug-likeness (QED) is 0.553. The molecule has 0 aliphatic carbocycles. The maximum atomic E-state index is 12.3. The third kappa shape index (κ3) is 5.18. The zero-order valence-corrected chi connectivity index (χ0v) is 17.1. The molecule has 0 aliphatic rings. The Hall–Kier alpha value is -2.13. The second-order valence-corrected chi connectivity index (χ2v) is 7.60. The van der Waals surface area contributed by atoms with Crippen molar-refractivity contribution in [3.05, 3.63) is 58.0 Å². The highest BCUT2D eigenvalue weighted by Gasteiger charge is 2.15. The highest BCUT2D eigenvalue weighted by Crippen LogP contribution is 2.17. The van der Waals surface area contributed by atoms with Crippen molar-refractivity contribution in [1.82, 2.24) is 19.6 Å². The molecule has 1 unspecified atom stereocenters. The van der Waals surface area contributed by atoms with Crippen molar-refractivity contribution >= 4 is 43.5 Å². The van der Waals surface area contributed by atoms with Gasteiger partial charge >= 0.3 is 0 Å². The number of hydrogen-bond donors (Lipinski definition) is 1. The van der Waals surface area contributed by atoms with Gasteiger partial charge in [0, 0.05) is 10.7 Å². The summed E-state index contributed by atoms with van der Waals surface area (Å²) in [5, 5.41) is 11.2. The lowest BCUT2D eigenvalue weighted by Crippen LogP contribution is -2.24. The van der Waals surface area contributed by atoms with E-state index in [0.29, 0.717) is 12.2 Å². The van der Waals surface area contributed by atoms with Crippen LogP contribution in [0.15, 0.2) is 58.0 Å². The molecule has 0 spiro atoms. The lowest BCUT2D eigenvalue weighted by Gasteiger charge is -2.11. The molecular formula is C17H17Br2N5O2. The number of halogens is 2. The van der Waals surface area contributed by atoms with Crippen LogP contribution < -0.4 is 10.1 Å². The van der Waals surface area contributed by atoms with Crippen molar-refractivity contribution in [1.29, 1.82) is 0 Å². The minimum absolute atomic E-state index is 0.0926. The molecule has 0 bridgehead atoms. The molecule has 3 rings (SSSR count). The maximum absolute atomic E-state index is 12.3. The number of anilines is 1. The molecule has 1 N–H and O–H groups in total. The number of carbonyl (C=O) groups is 1. The molecule has 3 aromatic rings. The Labute approximate surface area is 167 Å². The van der Waals surface area contributed by atoms with Gasteiger partial charge in [0.1, 0.15) is 5.75 Å². The number of hydrogen-bond acceptors (Lipinski definition) is 4. The molecule has 1 aromatic carbocycles. The fourth-order valence-corrected chi connectivity index (χ4v) is 2.83. The van der Waals surface area contributed by atoms with Gasteiger partial charge in [0.05, 0.1) is 41.2 Å². The average molecular weight is 483 g/mol. The van der Waals surface area contributed by atoms with Crippen LogP contribution in [0.1, 0.15) is 6.92 Å². The predicted octanol–water partition coefficient (Wildman–Crippen LogP) is 3.92. The van der Waals surface area contributed by atoms with E-state index in [2.05, 4.69) is 47.4 Å². The monoisotopic (exact) mass is 481 g/mol. The van der Waals surface area contributed by atoms with Gasteiger partial charge in [0.25, 0.3) is 0 Å². The smallest absolute Gasteiger partial charge is 0.229 e. The molecule has 2 heterocycles. The van der Waals surface area contributed by atoms with Crippen LogP contribution in [0, 0.1) is 5.92 Å². The van der Waals surface area contributed by atoms with Gasteiger partial charge in [-0.25, -0.2) is 4.68 Å². The first-order valence-electron chi connectivity index (χ1n) is 7.89. The van der Waals surface area contributed by atoms with Crippen molar-refractivity contribution in [2.24, 2.45) is 5.92 Å². The minimum Gasteiger partial charge on any atom is -0.471 e. The van der Waals surface area contributed by atoms with E-state index in [0.717, 1.165) is 14.7 Å². The van der Waals surface area contributed by atoms with Crippen LogP contribution in [0.3, 0.4) is 0 Å². The van der Waals surface area contributed by atoms with E-state index in [9.17, 15) is 4.79 Å². The summed E-state index contributed by atoms with van der Waals surface area (Å²) in [4.78, 5) is 12.3. The van der Waals surface area contributed by atoms with Crippen LogP contribution in [0.5, 0.6) is 5.75 Å². The van der Waals surface area contributed by atoms with Crippen LogP contribution in [-0.2, 0) is 18.1 Å². The summed E-state index contributed by atoms with van der Waals surface area (Å²) < 4.78 is 10.9. The van der Waals surface area contributed by atoms with Gasteiger partial charge in [-0.05, 0) is 40.2 Å². The molecule has 0 saturated heterocycles. The predicted molar refractivity (Wildman–Crippen MR) is 105 cm³/mol. The fraction of sp³-hybridized carbons (Fsp3) is 0.235. The molecule has 136 valence electrons.